The van der Waals surface area contributed by atoms with E-state index in [2.05, 4.69) is 14.9 Å². The van der Waals surface area contributed by atoms with Crippen molar-refractivity contribution >= 4 is 5.82 Å². The average Bonchev–Trinajstić information content (AvgIpc) is 3.09. The van der Waals surface area contributed by atoms with Gasteiger partial charge >= 0.3 is 0 Å². The summed E-state index contributed by atoms with van der Waals surface area (Å²) in [6, 6.07) is 2.49. The number of aliphatic hydroxyl groups is 1. The molecule has 0 radical (unpaired) electrons. The fourth-order valence-electron chi connectivity index (χ4n) is 2.05. The molecule has 1 aromatic heterocycles. The normalized spacial score (nSPS) is 16.7. The van der Waals surface area contributed by atoms with E-state index in [9.17, 15) is 5.11 Å². The first kappa shape index (κ1) is 13.2. The minimum Gasteiger partial charge on any atom is -0.392 e. The summed E-state index contributed by atoms with van der Waals surface area (Å²) in [5.41, 5.74) is 0.934. The number of aliphatic hydroxyl groups excluding tert-OH is 1. The number of hydrogen-bond donors (Lipinski definition) is 1. The molecule has 5 heteroatoms. The van der Waals surface area contributed by atoms with Gasteiger partial charge in [-0.2, -0.15) is 0 Å². The van der Waals surface area contributed by atoms with E-state index in [1.165, 1.54) is 12.8 Å². The van der Waals surface area contributed by atoms with Gasteiger partial charge in [-0.25, -0.2) is 9.97 Å². The third-order valence-electron chi connectivity index (χ3n) is 2.90. The summed E-state index contributed by atoms with van der Waals surface area (Å²) in [7, 11) is 1.64. The van der Waals surface area contributed by atoms with Crippen molar-refractivity contribution in [1.82, 2.24) is 9.97 Å². The van der Waals surface area contributed by atoms with E-state index in [0.717, 1.165) is 11.5 Å². The van der Waals surface area contributed by atoms with Crippen LogP contribution in [0.5, 0.6) is 0 Å². The van der Waals surface area contributed by atoms with Crippen LogP contribution in [0.15, 0.2) is 6.07 Å². The molecule has 0 bridgehead atoms. The molecule has 0 aliphatic heterocycles. The first-order valence-corrected chi connectivity index (χ1v) is 6.38. The Morgan fingerprint density at radius 1 is 1.50 bits per heavy atom. The first-order chi connectivity index (χ1) is 8.60. The van der Waals surface area contributed by atoms with Crippen LogP contribution in [-0.4, -0.2) is 40.9 Å². The van der Waals surface area contributed by atoms with E-state index < -0.39 is 0 Å². The molecule has 0 saturated heterocycles. The number of aryl methyl sites for hydroxylation is 1. The molecule has 5 nitrogen and oxygen atoms in total. The second-order valence-electron chi connectivity index (χ2n) is 4.95. The molecule has 1 aliphatic carbocycles. The largest absolute Gasteiger partial charge is 0.392 e. The molecule has 1 aromatic rings. The van der Waals surface area contributed by atoms with Gasteiger partial charge in [-0.05, 0) is 26.7 Å². The van der Waals surface area contributed by atoms with Crippen LogP contribution < -0.4 is 4.90 Å². The van der Waals surface area contributed by atoms with E-state index >= 15 is 0 Å². The number of methoxy groups -OCH3 is 1. The van der Waals surface area contributed by atoms with Crippen LogP contribution >= 0.6 is 0 Å². The van der Waals surface area contributed by atoms with E-state index in [1.807, 2.05) is 13.0 Å². The fraction of sp³-hybridized carbons (Fsp3) is 0.692. The third kappa shape index (κ3) is 3.40. The molecule has 0 aromatic carbocycles. The lowest BCUT2D eigenvalue weighted by Gasteiger charge is -2.25. The highest BCUT2D eigenvalue weighted by molar-refractivity contribution is 5.42. The van der Waals surface area contributed by atoms with Crippen LogP contribution in [0.4, 0.5) is 5.82 Å². The van der Waals surface area contributed by atoms with Gasteiger partial charge in [-0.1, -0.05) is 0 Å². The number of anilines is 1. The van der Waals surface area contributed by atoms with Crippen molar-refractivity contribution in [3.63, 3.8) is 0 Å². The highest BCUT2D eigenvalue weighted by Gasteiger charge is 2.31. The fourth-order valence-corrected chi connectivity index (χ4v) is 2.05. The summed E-state index contributed by atoms with van der Waals surface area (Å²) in [5, 5.41) is 9.59. The average molecular weight is 251 g/mol. The lowest BCUT2D eigenvalue weighted by Crippen LogP contribution is -2.34. The monoisotopic (exact) mass is 251 g/mol. The molecule has 0 spiro atoms. The van der Waals surface area contributed by atoms with E-state index in [4.69, 9.17) is 4.74 Å². The Kier molecular flexibility index (Phi) is 4.14. The molecule has 0 amide bonds. The Morgan fingerprint density at radius 2 is 2.22 bits per heavy atom. The van der Waals surface area contributed by atoms with E-state index in [1.54, 1.807) is 14.0 Å². The predicted molar refractivity (Wildman–Crippen MR) is 69.5 cm³/mol. The molecule has 1 heterocycles. The number of rotatable bonds is 6. The van der Waals surface area contributed by atoms with Crippen molar-refractivity contribution in [2.45, 2.75) is 45.4 Å². The Labute approximate surface area is 108 Å². The zero-order valence-corrected chi connectivity index (χ0v) is 11.3. The van der Waals surface area contributed by atoms with Crippen molar-refractivity contribution in [3.05, 3.63) is 17.6 Å². The van der Waals surface area contributed by atoms with Crippen molar-refractivity contribution in [2.24, 2.45) is 0 Å². The number of aromatic nitrogens is 2. The summed E-state index contributed by atoms with van der Waals surface area (Å²) in [6.45, 7) is 4.80. The minimum atomic E-state index is -0.355. The van der Waals surface area contributed by atoms with Crippen molar-refractivity contribution < 1.29 is 9.84 Å². The minimum absolute atomic E-state index is 0.355. The lowest BCUT2D eigenvalue weighted by atomic mass is 10.3. The predicted octanol–water partition coefficient (Wildman–Crippen LogP) is 1.28. The molecule has 1 unspecified atom stereocenters. The van der Waals surface area contributed by atoms with E-state index in [-0.39, 0.29) is 6.10 Å². The van der Waals surface area contributed by atoms with Crippen LogP contribution in [0.1, 0.15) is 31.3 Å². The number of ether oxygens (including phenoxy) is 1. The maximum absolute atomic E-state index is 9.59. The Morgan fingerprint density at radius 3 is 2.78 bits per heavy atom. The maximum atomic E-state index is 9.59. The highest BCUT2D eigenvalue weighted by atomic mass is 16.5. The van der Waals surface area contributed by atoms with Crippen LogP contribution in [0, 0.1) is 6.92 Å². The van der Waals surface area contributed by atoms with Crippen LogP contribution in [-0.2, 0) is 11.3 Å². The lowest BCUT2D eigenvalue weighted by molar-refractivity contribution is 0.177. The van der Waals surface area contributed by atoms with Gasteiger partial charge in [0.1, 0.15) is 12.4 Å². The summed E-state index contributed by atoms with van der Waals surface area (Å²) in [5.74, 6) is 1.60. The first-order valence-electron chi connectivity index (χ1n) is 6.38. The summed E-state index contributed by atoms with van der Waals surface area (Å²) in [4.78, 5) is 11.0. The van der Waals surface area contributed by atoms with Gasteiger partial charge in [0, 0.05) is 31.5 Å². The molecule has 2 rings (SSSR count). The SMILES string of the molecule is COCc1nc(C)cc(N(CC(C)O)C2CC2)n1. The van der Waals surface area contributed by atoms with Crippen LogP contribution in [0.3, 0.4) is 0 Å². The zero-order valence-electron chi connectivity index (χ0n) is 11.3. The van der Waals surface area contributed by atoms with Gasteiger partial charge in [-0.15, -0.1) is 0 Å². The third-order valence-corrected chi connectivity index (χ3v) is 2.90. The number of hydrogen-bond acceptors (Lipinski definition) is 5. The van der Waals surface area contributed by atoms with Crippen molar-refractivity contribution in [3.8, 4) is 0 Å². The van der Waals surface area contributed by atoms with Gasteiger partial charge in [0.25, 0.3) is 0 Å². The molecule has 1 saturated carbocycles. The second-order valence-corrected chi connectivity index (χ2v) is 4.95. The smallest absolute Gasteiger partial charge is 0.156 e. The van der Waals surface area contributed by atoms with Gasteiger partial charge in [0.15, 0.2) is 5.82 Å². The van der Waals surface area contributed by atoms with Gasteiger partial charge < -0.3 is 14.7 Å². The van der Waals surface area contributed by atoms with Crippen LogP contribution in [0.2, 0.25) is 0 Å². The summed E-state index contributed by atoms with van der Waals surface area (Å²) >= 11 is 0. The molecule has 1 aliphatic rings. The van der Waals surface area contributed by atoms with Gasteiger partial charge in [-0.3, -0.25) is 0 Å². The summed E-state index contributed by atoms with van der Waals surface area (Å²) < 4.78 is 5.08. The Balaban J connectivity index is 2.22. The molecule has 18 heavy (non-hydrogen) atoms. The van der Waals surface area contributed by atoms with Crippen LogP contribution in [0.25, 0.3) is 0 Å². The molecule has 1 atom stereocenters. The highest BCUT2D eigenvalue weighted by Crippen LogP contribution is 2.31. The quantitative estimate of drug-likeness (QED) is 0.825. The van der Waals surface area contributed by atoms with Gasteiger partial charge in [0.2, 0.25) is 0 Å². The van der Waals surface area contributed by atoms with E-state index in [0.29, 0.717) is 25.0 Å². The molecule has 100 valence electrons. The summed E-state index contributed by atoms with van der Waals surface area (Å²) in [6.07, 6.45) is 2.00. The molecular weight excluding hydrogens is 230 g/mol. The standard InChI is InChI=1S/C13H21N3O2/c1-9-6-13(15-12(14-9)8-18-3)16(7-10(2)17)11-4-5-11/h6,10-11,17H,4-5,7-8H2,1-3H3. The topological polar surface area (TPSA) is 58.5 Å². The van der Waals surface area contributed by atoms with Gasteiger partial charge in [0.05, 0.1) is 6.10 Å². The van der Waals surface area contributed by atoms with Crippen molar-refractivity contribution in [2.75, 3.05) is 18.6 Å². The number of nitrogens with zero attached hydrogens (tertiary/aromatic N) is 3. The second kappa shape index (κ2) is 5.63. The molecule has 1 fully saturated rings. The Bertz CT molecular complexity index is 405. The molecular formula is C13H21N3O2. The van der Waals surface area contributed by atoms with Crippen molar-refractivity contribution in [1.29, 1.82) is 0 Å². The Hall–Kier alpha value is -1.20. The molecule has 1 N–H and O–H groups in total. The maximum Gasteiger partial charge on any atom is 0.156 e. The zero-order chi connectivity index (χ0) is 13.1.